The first-order chi connectivity index (χ1) is 9.31. The van der Waals surface area contributed by atoms with Gasteiger partial charge in [0.1, 0.15) is 0 Å². The predicted octanol–water partition coefficient (Wildman–Crippen LogP) is 1.83. The molecule has 1 heterocycles. The number of para-hydroxylation sites is 1. The summed E-state index contributed by atoms with van der Waals surface area (Å²) in [4.78, 5) is 14.7. The molecule has 1 aromatic carbocycles. The van der Waals surface area contributed by atoms with Crippen molar-refractivity contribution in [3.8, 4) is 0 Å². The summed E-state index contributed by atoms with van der Waals surface area (Å²) >= 11 is 0. The van der Waals surface area contributed by atoms with Crippen molar-refractivity contribution in [3.05, 3.63) is 29.8 Å². The summed E-state index contributed by atoms with van der Waals surface area (Å²) in [5.74, 6) is 0.214. The Morgan fingerprint density at radius 3 is 2.95 bits per heavy atom. The Balaban J connectivity index is 1.76. The lowest BCUT2D eigenvalue weighted by Gasteiger charge is -2.25. The zero-order valence-corrected chi connectivity index (χ0v) is 11.3. The van der Waals surface area contributed by atoms with Crippen molar-refractivity contribution in [1.29, 1.82) is 0 Å². The number of nitrogens with one attached hydrogen (secondary N) is 1. The molecule has 3 rings (SSSR count). The number of nitrogens with zero attached hydrogens (tertiary/aromatic N) is 1. The van der Waals surface area contributed by atoms with E-state index in [-0.39, 0.29) is 11.8 Å². The van der Waals surface area contributed by atoms with Gasteiger partial charge in [-0.2, -0.15) is 0 Å². The van der Waals surface area contributed by atoms with Crippen molar-refractivity contribution in [2.75, 3.05) is 32.1 Å². The first kappa shape index (κ1) is 12.5. The van der Waals surface area contributed by atoms with Crippen LogP contribution in [0, 0.1) is 0 Å². The molecule has 1 aromatic rings. The molecule has 1 N–H and O–H groups in total. The SMILES string of the molecule is COCCN(C(=O)C1CNc2ccccc21)C1CC1. The standard InChI is InChI=1S/C15H20N2O2/c1-19-9-8-17(11-6-7-11)15(18)13-10-16-14-5-3-2-4-12(13)14/h2-5,11,13,16H,6-10H2,1H3. The summed E-state index contributed by atoms with van der Waals surface area (Å²) in [7, 11) is 1.68. The molecule has 102 valence electrons. The van der Waals surface area contributed by atoms with Crippen LogP contribution in [0.5, 0.6) is 0 Å². The summed E-state index contributed by atoms with van der Waals surface area (Å²) in [5.41, 5.74) is 2.24. The van der Waals surface area contributed by atoms with Crippen molar-refractivity contribution >= 4 is 11.6 Å². The maximum Gasteiger partial charge on any atom is 0.232 e. The molecule has 19 heavy (non-hydrogen) atoms. The predicted molar refractivity (Wildman–Crippen MR) is 74.3 cm³/mol. The smallest absolute Gasteiger partial charge is 0.232 e. The van der Waals surface area contributed by atoms with Gasteiger partial charge in [0.2, 0.25) is 5.91 Å². The molecule has 0 saturated heterocycles. The number of anilines is 1. The number of ether oxygens (including phenoxy) is 1. The number of fused-ring (bicyclic) bond motifs is 1. The van der Waals surface area contributed by atoms with Crippen LogP contribution in [0.15, 0.2) is 24.3 Å². The third-order valence-electron chi connectivity index (χ3n) is 3.94. The molecule has 2 aliphatic rings. The lowest BCUT2D eigenvalue weighted by atomic mass is 10.00. The van der Waals surface area contributed by atoms with Gasteiger partial charge in [-0.25, -0.2) is 0 Å². The lowest BCUT2D eigenvalue weighted by molar-refractivity contribution is -0.133. The Bertz CT molecular complexity index is 471. The molecule has 0 bridgehead atoms. The van der Waals surface area contributed by atoms with Gasteiger partial charge in [0.15, 0.2) is 0 Å². The van der Waals surface area contributed by atoms with Crippen LogP contribution in [-0.4, -0.2) is 43.7 Å². The van der Waals surface area contributed by atoms with E-state index in [4.69, 9.17) is 4.74 Å². The lowest BCUT2D eigenvalue weighted by Crippen LogP contribution is -2.39. The van der Waals surface area contributed by atoms with Crippen LogP contribution in [0.3, 0.4) is 0 Å². The number of carbonyl (C=O) groups excluding carboxylic acids is 1. The molecule has 0 radical (unpaired) electrons. The van der Waals surface area contributed by atoms with Crippen molar-refractivity contribution < 1.29 is 9.53 Å². The molecule has 1 aliphatic carbocycles. The number of carbonyl (C=O) groups is 1. The Labute approximate surface area is 113 Å². The van der Waals surface area contributed by atoms with Gasteiger partial charge in [-0.1, -0.05) is 18.2 Å². The first-order valence-corrected chi connectivity index (χ1v) is 6.93. The number of hydrogen-bond donors (Lipinski definition) is 1. The molecule has 1 atom stereocenters. The second kappa shape index (κ2) is 5.21. The fourth-order valence-corrected chi connectivity index (χ4v) is 2.75. The van der Waals surface area contributed by atoms with E-state index in [1.165, 1.54) is 0 Å². The highest BCUT2D eigenvalue weighted by Gasteiger charge is 2.38. The van der Waals surface area contributed by atoms with Crippen LogP contribution in [0.1, 0.15) is 24.3 Å². The molecule has 1 aliphatic heterocycles. The first-order valence-electron chi connectivity index (χ1n) is 6.93. The van der Waals surface area contributed by atoms with Crippen LogP contribution in [-0.2, 0) is 9.53 Å². The van der Waals surface area contributed by atoms with Crippen molar-refractivity contribution in [3.63, 3.8) is 0 Å². The van der Waals surface area contributed by atoms with Gasteiger partial charge in [0, 0.05) is 31.9 Å². The van der Waals surface area contributed by atoms with Gasteiger partial charge in [-0.3, -0.25) is 4.79 Å². The van der Waals surface area contributed by atoms with Crippen LogP contribution in [0.4, 0.5) is 5.69 Å². The van der Waals surface area contributed by atoms with E-state index < -0.39 is 0 Å². The molecule has 4 heteroatoms. The normalized spacial score (nSPS) is 20.8. The quantitative estimate of drug-likeness (QED) is 0.878. The maximum atomic E-state index is 12.7. The average molecular weight is 260 g/mol. The minimum Gasteiger partial charge on any atom is -0.384 e. The van der Waals surface area contributed by atoms with E-state index in [1.807, 2.05) is 23.1 Å². The van der Waals surface area contributed by atoms with E-state index in [0.29, 0.717) is 25.7 Å². The average Bonchev–Trinajstić information content (AvgIpc) is 3.18. The fourth-order valence-electron chi connectivity index (χ4n) is 2.75. The van der Waals surface area contributed by atoms with Gasteiger partial charge < -0.3 is 15.0 Å². The molecule has 1 fully saturated rings. The fraction of sp³-hybridized carbons (Fsp3) is 0.533. The molecule has 1 saturated carbocycles. The highest BCUT2D eigenvalue weighted by Crippen LogP contribution is 2.35. The van der Waals surface area contributed by atoms with E-state index >= 15 is 0 Å². The highest BCUT2D eigenvalue weighted by atomic mass is 16.5. The van der Waals surface area contributed by atoms with E-state index in [2.05, 4.69) is 11.4 Å². The van der Waals surface area contributed by atoms with Crippen LogP contribution >= 0.6 is 0 Å². The second-order valence-electron chi connectivity index (χ2n) is 5.28. The third-order valence-corrected chi connectivity index (χ3v) is 3.94. The topological polar surface area (TPSA) is 41.6 Å². The Morgan fingerprint density at radius 1 is 1.42 bits per heavy atom. The highest BCUT2D eigenvalue weighted by molar-refractivity contribution is 5.88. The molecule has 0 aromatic heterocycles. The zero-order valence-electron chi connectivity index (χ0n) is 11.3. The number of methoxy groups -OCH3 is 1. The van der Waals surface area contributed by atoms with Gasteiger partial charge >= 0.3 is 0 Å². The van der Waals surface area contributed by atoms with Gasteiger partial charge in [0.25, 0.3) is 0 Å². The van der Waals surface area contributed by atoms with Crippen LogP contribution < -0.4 is 5.32 Å². The summed E-state index contributed by atoms with van der Waals surface area (Å²) in [6, 6.07) is 8.54. The number of rotatable bonds is 5. The molecule has 4 nitrogen and oxygen atoms in total. The Morgan fingerprint density at radius 2 is 2.21 bits per heavy atom. The molecular formula is C15H20N2O2. The monoisotopic (exact) mass is 260 g/mol. The summed E-state index contributed by atoms with van der Waals surface area (Å²) < 4.78 is 5.12. The van der Waals surface area contributed by atoms with Gasteiger partial charge in [0.05, 0.1) is 12.5 Å². The number of hydrogen-bond acceptors (Lipinski definition) is 3. The molecular weight excluding hydrogens is 240 g/mol. The van der Waals surface area contributed by atoms with Crippen LogP contribution in [0.25, 0.3) is 0 Å². The van der Waals surface area contributed by atoms with Gasteiger partial charge in [-0.15, -0.1) is 0 Å². The Hall–Kier alpha value is -1.55. The maximum absolute atomic E-state index is 12.7. The zero-order chi connectivity index (χ0) is 13.2. The summed E-state index contributed by atoms with van der Waals surface area (Å²) in [6.45, 7) is 2.04. The molecule has 1 unspecified atom stereocenters. The molecule has 1 amide bonds. The largest absolute Gasteiger partial charge is 0.384 e. The summed E-state index contributed by atoms with van der Waals surface area (Å²) in [6.07, 6.45) is 2.27. The number of amides is 1. The Kier molecular flexibility index (Phi) is 3.42. The minimum absolute atomic E-state index is 0.0337. The van der Waals surface area contributed by atoms with E-state index in [0.717, 1.165) is 24.1 Å². The summed E-state index contributed by atoms with van der Waals surface area (Å²) in [5, 5.41) is 3.32. The van der Waals surface area contributed by atoms with Crippen molar-refractivity contribution in [2.24, 2.45) is 0 Å². The number of benzene rings is 1. The van der Waals surface area contributed by atoms with Crippen molar-refractivity contribution in [2.45, 2.75) is 24.8 Å². The van der Waals surface area contributed by atoms with E-state index in [1.54, 1.807) is 7.11 Å². The third kappa shape index (κ3) is 2.45. The second-order valence-corrected chi connectivity index (χ2v) is 5.28. The van der Waals surface area contributed by atoms with Gasteiger partial charge in [-0.05, 0) is 24.5 Å². The molecule has 0 spiro atoms. The van der Waals surface area contributed by atoms with E-state index in [9.17, 15) is 4.79 Å². The van der Waals surface area contributed by atoms with Crippen molar-refractivity contribution in [1.82, 2.24) is 4.90 Å². The minimum atomic E-state index is -0.0337. The van der Waals surface area contributed by atoms with Crippen LogP contribution in [0.2, 0.25) is 0 Å².